The first-order valence-electron chi connectivity index (χ1n) is 6.09. The van der Waals surface area contributed by atoms with Crippen molar-refractivity contribution in [2.75, 3.05) is 11.9 Å². The summed E-state index contributed by atoms with van der Waals surface area (Å²) < 4.78 is 4.73. The van der Waals surface area contributed by atoms with Crippen LogP contribution < -0.4 is 5.32 Å². The van der Waals surface area contributed by atoms with Gasteiger partial charge in [0.15, 0.2) is 5.78 Å². The Morgan fingerprint density at radius 3 is 2.58 bits per heavy atom. The summed E-state index contributed by atoms with van der Waals surface area (Å²) in [4.78, 5) is 33.9. The van der Waals surface area contributed by atoms with Crippen molar-refractivity contribution in [3.8, 4) is 0 Å². The molecule has 0 spiro atoms. The van der Waals surface area contributed by atoms with Gasteiger partial charge >= 0.3 is 5.97 Å². The van der Waals surface area contributed by atoms with Gasteiger partial charge in [-0.1, -0.05) is 12.1 Å². The minimum atomic E-state index is -0.393. The standard InChI is InChI=1S/C14H17NO4/c1-3-19-14(18)8-7-13(17)15-12-6-4-5-11(9-12)10(2)16/h4-6,9H,3,7-8H2,1-2H3,(H,15,17). The molecule has 1 aromatic rings. The van der Waals surface area contributed by atoms with Crippen LogP contribution in [0.15, 0.2) is 24.3 Å². The molecular weight excluding hydrogens is 246 g/mol. The highest BCUT2D eigenvalue weighted by molar-refractivity contribution is 5.97. The number of Topliss-reactive ketones (excluding diaryl/α,β-unsaturated/α-hetero) is 1. The molecule has 5 nitrogen and oxygen atoms in total. The van der Waals surface area contributed by atoms with Gasteiger partial charge in [-0.25, -0.2) is 0 Å². The van der Waals surface area contributed by atoms with Crippen LogP contribution in [-0.2, 0) is 14.3 Å². The molecule has 1 amide bonds. The summed E-state index contributed by atoms with van der Waals surface area (Å²) in [5.41, 5.74) is 1.07. The molecule has 0 aromatic heterocycles. The molecule has 1 N–H and O–H groups in total. The second-order valence-corrected chi connectivity index (χ2v) is 3.99. The summed E-state index contributed by atoms with van der Waals surface area (Å²) in [7, 11) is 0. The number of benzene rings is 1. The molecular formula is C14H17NO4. The highest BCUT2D eigenvalue weighted by atomic mass is 16.5. The smallest absolute Gasteiger partial charge is 0.306 e. The molecule has 0 unspecified atom stereocenters. The minimum absolute atomic E-state index is 0.0477. The summed E-state index contributed by atoms with van der Waals surface area (Å²) in [5, 5.41) is 2.64. The number of nitrogens with one attached hydrogen (secondary N) is 1. The first-order valence-corrected chi connectivity index (χ1v) is 6.09. The monoisotopic (exact) mass is 263 g/mol. The number of ether oxygens (including phenoxy) is 1. The molecule has 0 aliphatic heterocycles. The van der Waals surface area contributed by atoms with E-state index in [1.54, 1.807) is 31.2 Å². The Morgan fingerprint density at radius 2 is 1.95 bits per heavy atom. The van der Waals surface area contributed by atoms with E-state index in [1.165, 1.54) is 6.92 Å². The number of anilines is 1. The SMILES string of the molecule is CCOC(=O)CCC(=O)Nc1cccc(C(C)=O)c1. The molecule has 0 saturated heterocycles. The average molecular weight is 263 g/mol. The molecule has 102 valence electrons. The van der Waals surface area contributed by atoms with Crippen molar-refractivity contribution in [1.29, 1.82) is 0 Å². The average Bonchev–Trinajstić information content (AvgIpc) is 2.37. The number of carbonyl (C=O) groups excluding carboxylic acids is 3. The van der Waals surface area contributed by atoms with Crippen LogP contribution >= 0.6 is 0 Å². The van der Waals surface area contributed by atoms with Crippen molar-refractivity contribution in [3.05, 3.63) is 29.8 Å². The van der Waals surface area contributed by atoms with E-state index in [4.69, 9.17) is 4.74 Å². The Morgan fingerprint density at radius 1 is 1.21 bits per heavy atom. The largest absolute Gasteiger partial charge is 0.466 e. The van der Waals surface area contributed by atoms with Crippen molar-refractivity contribution in [3.63, 3.8) is 0 Å². The Hall–Kier alpha value is -2.17. The lowest BCUT2D eigenvalue weighted by molar-refractivity contribution is -0.144. The van der Waals surface area contributed by atoms with Gasteiger partial charge in [-0.3, -0.25) is 14.4 Å². The summed E-state index contributed by atoms with van der Waals surface area (Å²) in [5.74, 6) is -0.744. The molecule has 0 bridgehead atoms. The van der Waals surface area contributed by atoms with Gasteiger partial charge in [-0.05, 0) is 26.0 Å². The van der Waals surface area contributed by atoms with Crippen LogP contribution in [0.2, 0.25) is 0 Å². The predicted octanol–water partition coefficient (Wildman–Crippen LogP) is 2.17. The maximum Gasteiger partial charge on any atom is 0.306 e. The third kappa shape index (κ3) is 5.33. The van der Waals surface area contributed by atoms with E-state index in [0.29, 0.717) is 17.9 Å². The molecule has 1 aromatic carbocycles. The molecule has 0 aliphatic rings. The number of hydrogen-bond donors (Lipinski definition) is 1. The molecule has 5 heteroatoms. The van der Waals surface area contributed by atoms with Gasteiger partial charge in [-0.2, -0.15) is 0 Å². The maximum atomic E-state index is 11.6. The van der Waals surface area contributed by atoms with E-state index in [1.807, 2.05) is 0 Å². The number of ketones is 1. The van der Waals surface area contributed by atoms with Crippen molar-refractivity contribution in [1.82, 2.24) is 0 Å². The third-order valence-corrected chi connectivity index (χ3v) is 2.41. The van der Waals surface area contributed by atoms with Gasteiger partial charge in [0.1, 0.15) is 0 Å². The Kier molecular flexibility index (Phi) is 5.73. The fraction of sp³-hybridized carbons (Fsp3) is 0.357. The Bertz CT molecular complexity index is 482. The van der Waals surface area contributed by atoms with E-state index < -0.39 is 5.97 Å². The third-order valence-electron chi connectivity index (χ3n) is 2.41. The topological polar surface area (TPSA) is 72.5 Å². The lowest BCUT2D eigenvalue weighted by atomic mass is 10.1. The number of rotatable bonds is 6. The Balaban J connectivity index is 2.50. The van der Waals surface area contributed by atoms with Crippen LogP contribution in [0.4, 0.5) is 5.69 Å². The normalized spacial score (nSPS) is 9.79. The molecule has 0 saturated carbocycles. The molecule has 0 heterocycles. The van der Waals surface area contributed by atoms with Gasteiger partial charge in [0, 0.05) is 17.7 Å². The first-order chi connectivity index (χ1) is 9.02. The second kappa shape index (κ2) is 7.31. The van der Waals surface area contributed by atoms with Crippen LogP contribution in [0.3, 0.4) is 0 Å². The summed E-state index contributed by atoms with van der Waals surface area (Å²) in [6.07, 6.45) is 0.106. The lowest BCUT2D eigenvalue weighted by Crippen LogP contribution is -2.14. The molecule has 1 rings (SSSR count). The summed E-state index contributed by atoms with van der Waals surface area (Å²) in [6, 6.07) is 6.66. The lowest BCUT2D eigenvalue weighted by Gasteiger charge is -2.06. The van der Waals surface area contributed by atoms with Gasteiger partial charge in [-0.15, -0.1) is 0 Å². The maximum absolute atomic E-state index is 11.6. The van der Waals surface area contributed by atoms with Gasteiger partial charge in [0.05, 0.1) is 13.0 Å². The summed E-state index contributed by atoms with van der Waals surface area (Å²) >= 11 is 0. The zero-order valence-corrected chi connectivity index (χ0v) is 11.1. The van der Waals surface area contributed by atoms with E-state index in [2.05, 4.69) is 5.32 Å². The quantitative estimate of drug-likeness (QED) is 0.630. The highest BCUT2D eigenvalue weighted by Gasteiger charge is 2.08. The number of esters is 1. The van der Waals surface area contributed by atoms with E-state index in [0.717, 1.165) is 0 Å². The molecule has 0 atom stereocenters. The van der Waals surface area contributed by atoms with Crippen molar-refractivity contribution in [2.24, 2.45) is 0 Å². The zero-order valence-electron chi connectivity index (χ0n) is 11.1. The van der Waals surface area contributed by atoms with Gasteiger partial charge in [0.2, 0.25) is 5.91 Å². The van der Waals surface area contributed by atoms with Crippen LogP contribution in [0.25, 0.3) is 0 Å². The molecule has 0 fully saturated rings. The fourth-order valence-electron chi connectivity index (χ4n) is 1.49. The van der Waals surface area contributed by atoms with Gasteiger partial charge < -0.3 is 10.1 Å². The number of hydrogen-bond acceptors (Lipinski definition) is 4. The van der Waals surface area contributed by atoms with E-state index >= 15 is 0 Å². The van der Waals surface area contributed by atoms with Crippen LogP contribution in [0.1, 0.15) is 37.0 Å². The van der Waals surface area contributed by atoms with Crippen molar-refractivity contribution < 1.29 is 19.1 Å². The van der Waals surface area contributed by atoms with Crippen molar-refractivity contribution in [2.45, 2.75) is 26.7 Å². The van der Waals surface area contributed by atoms with Crippen LogP contribution in [0.5, 0.6) is 0 Å². The van der Waals surface area contributed by atoms with Crippen LogP contribution in [-0.4, -0.2) is 24.3 Å². The predicted molar refractivity (Wildman–Crippen MR) is 70.9 cm³/mol. The van der Waals surface area contributed by atoms with Crippen LogP contribution in [0, 0.1) is 0 Å². The minimum Gasteiger partial charge on any atom is -0.466 e. The highest BCUT2D eigenvalue weighted by Crippen LogP contribution is 2.11. The summed E-state index contributed by atoms with van der Waals surface area (Å²) in [6.45, 7) is 3.48. The molecule has 0 aliphatic carbocycles. The zero-order chi connectivity index (χ0) is 14.3. The number of amides is 1. The second-order valence-electron chi connectivity index (χ2n) is 3.99. The molecule has 19 heavy (non-hydrogen) atoms. The fourth-order valence-corrected chi connectivity index (χ4v) is 1.49. The van der Waals surface area contributed by atoms with E-state index in [9.17, 15) is 14.4 Å². The Labute approximate surface area is 111 Å². The molecule has 0 radical (unpaired) electrons. The van der Waals surface area contributed by atoms with Crippen molar-refractivity contribution >= 4 is 23.3 Å². The van der Waals surface area contributed by atoms with E-state index in [-0.39, 0.29) is 24.5 Å². The van der Waals surface area contributed by atoms with Gasteiger partial charge in [0.25, 0.3) is 0 Å². The first kappa shape index (κ1) is 14.9. The number of carbonyl (C=O) groups is 3.